The second-order valence-electron chi connectivity index (χ2n) is 1.63. The largest absolute Gasteiger partial charge is 1.00 e. The molecule has 1 heterocycles. The van der Waals surface area contributed by atoms with Crippen molar-refractivity contribution < 1.29 is 29.6 Å². The molecule has 0 unspecified atom stereocenters. The van der Waals surface area contributed by atoms with Gasteiger partial charge in [-0.2, -0.15) is 0 Å². The quantitative estimate of drug-likeness (QED) is 0.234. The van der Waals surface area contributed by atoms with E-state index in [-0.39, 0.29) is 29.6 Å². The van der Waals surface area contributed by atoms with Crippen LogP contribution in [0.5, 0.6) is 0 Å². The molecule has 1 aliphatic heterocycles. The van der Waals surface area contributed by atoms with Gasteiger partial charge in [-0.25, -0.2) is 0 Å². The summed E-state index contributed by atoms with van der Waals surface area (Å²) < 4.78 is 0.554. The zero-order valence-corrected chi connectivity index (χ0v) is 8.97. The second-order valence-corrected chi connectivity index (χ2v) is 2.66. The van der Waals surface area contributed by atoms with Gasteiger partial charge >= 0.3 is 29.6 Å². The van der Waals surface area contributed by atoms with Crippen molar-refractivity contribution in [1.29, 1.82) is 0 Å². The number of thiocarbonyl (C=S) groups is 1. The molecule has 0 aliphatic carbocycles. The molecule has 0 aromatic heterocycles. The van der Waals surface area contributed by atoms with Crippen LogP contribution in [0.3, 0.4) is 0 Å². The van der Waals surface area contributed by atoms with Crippen molar-refractivity contribution in [2.45, 2.75) is 6.42 Å². The first-order valence-electron chi connectivity index (χ1n) is 2.45. The maximum Gasteiger partial charge on any atom is 1.00 e. The van der Waals surface area contributed by atoms with E-state index in [0.29, 0.717) is 4.32 Å². The molecule has 0 bridgehead atoms. The van der Waals surface area contributed by atoms with Gasteiger partial charge in [0.05, 0.1) is 0 Å². The van der Waals surface area contributed by atoms with Crippen molar-refractivity contribution in [3.63, 3.8) is 0 Å². The summed E-state index contributed by atoms with van der Waals surface area (Å²) in [7, 11) is 0. The standard InChI is InChI=1S/C5H7NS2.Na/c7-5(8)6-3-1-2-4-6;/h1,3H,2,4H2,(H,7,8);/q;+1/p-1. The van der Waals surface area contributed by atoms with Gasteiger partial charge < -0.3 is 29.7 Å². The van der Waals surface area contributed by atoms with Crippen molar-refractivity contribution >= 4 is 29.2 Å². The van der Waals surface area contributed by atoms with Crippen LogP contribution >= 0.6 is 12.2 Å². The first kappa shape index (κ1) is 9.85. The van der Waals surface area contributed by atoms with Gasteiger partial charge in [-0.05, 0) is 12.6 Å². The number of rotatable bonds is 0. The van der Waals surface area contributed by atoms with Gasteiger partial charge in [-0.1, -0.05) is 10.4 Å². The fourth-order valence-electron chi connectivity index (χ4n) is 0.642. The molecular formula is C5H6NNaS2. The van der Waals surface area contributed by atoms with Crippen LogP contribution in [0.25, 0.3) is 0 Å². The summed E-state index contributed by atoms with van der Waals surface area (Å²) in [4.78, 5) is 1.89. The first-order chi connectivity index (χ1) is 3.80. The second kappa shape index (κ2) is 4.63. The molecule has 0 amide bonds. The smallest absolute Gasteiger partial charge is 0.411 e. The molecule has 9 heavy (non-hydrogen) atoms. The van der Waals surface area contributed by atoms with E-state index in [0.717, 1.165) is 13.0 Å². The molecule has 1 aliphatic rings. The zero-order chi connectivity index (χ0) is 5.98. The number of hydrogen-bond acceptors (Lipinski definition) is 2. The van der Waals surface area contributed by atoms with Crippen LogP contribution in [0.1, 0.15) is 6.42 Å². The summed E-state index contributed by atoms with van der Waals surface area (Å²) in [5, 5.41) is 0. The Balaban J connectivity index is 0.000000640. The fraction of sp³-hybridized carbons (Fsp3) is 0.400. The molecule has 0 atom stereocenters. The third-order valence-electron chi connectivity index (χ3n) is 1.06. The van der Waals surface area contributed by atoms with Crippen molar-refractivity contribution in [3.8, 4) is 0 Å². The van der Waals surface area contributed by atoms with E-state index in [1.807, 2.05) is 11.1 Å². The maximum absolute atomic E-state index is 4.74. The van der Waals surface area contributed by atoms with Gasteiger partial charge in [-0.3, -0.25) is 0 Å². The number of nitrogens with zero attached hydrogens (tertiary/aromatic N) is 1. The normalized spacial score (nSPS) is 15.3. The third kappa shape index (κ3) is 2.96. The zero-order valence-electron chi connectivity index (χ0n) is 5.33. The van der Waals surface area contributed by atoms with Crippen LogP contribution < -0.4 is 29.6 Å². The molecule has 4 heteroatoms. The Hall–Kier alpha value is 0.850. The van der Waals surface area contributed by atoms with Gasteiger partial charge in [0.15, 0.2) is 0 Å². The molecule has 0 saturated carbocycles. The van der Waals surface area contributed by atoms with Crippen LogP contribution in [-0.4, -0.2) is 15.8 Å². The molecule has 1 nitrogen and oxygen atoms in total. The molecule has 0 saturated heterocycles. The average Bonchev–Trinajstić information content (AvgIpc) is 2.12. The van der Waals surface area contributed by atoms with Crippen molar-refractivity contribution in [1.82, 2.24) is 4.90 Å². The SMILES string of the molecule is S=C([S-])N1C=CCC1.[Na+]. The van der Waals surface area contributed by atoms with E-state index in [1.165, 1.54) is 0 Å². The van der Waals surface area contributed by atoms with Crippen molar-refractivity contribution in [3.05, 3.63) is 12.3 Å². The fourth-order valence-corrected chi connectivity index (χ4v) is 0.946. The van der Waals surface area contributed by atoms with E-state index < -0.39 is 0 Å². The Morgan fingerprint density at radius 3 is 2.56 bits per heavy atom. The minimum absolute atomic E-state index is 0. The molecule has 0 spiro atoms. The van der Waals surface area contributed by atoms with Crippen molar-refractivity contribution in [2.24, 2.45) is 0 Å². The summed E-state index contributed by atoms with van der Waals surface area (Å²) in [6.45, 7) is 0.975. The van der Waals surface area contributed by atoms with E-state index in [9.17, 15) is 0 Å². The minimum atomic E-state index is 0. The summed E-state index contributed by atoms with van der Waals surface area (Å²) >= 11 is 9.49. The maximum atomic E-state index is 4.74. The van der Waals surface area contributed by atoms with Gasteiger partial charge in [0, 0.05) is 6.54 Å². The van der Waals surface area contributed by atoms with Crippen LogP contribution in [0.4, 0.5) is 0 Å². The Labute approximate surface area is 88.2 Å². The predicted octanol–water partition coefficient (Wildman–Crippen LogP) is -1.96. The monoisotopic (exact) mass is 167 g/mol. The Morgan fingerprint density at radius 2 is 2.33 bits per heavy atom. The topological polar surface area (TPSA) is 3.24 Å². The molecular weight excluding hydrogens is 161 g/mol. The van der Waals surface area contributed by atoms with Gasteiger partial charge in [-0.15, -0.1) is 0 Å². The predicted molar refractivity (Wildman–Crippen MR) is 40.4 cm³/mol. The molecule has 44 valence electrons. The molecule has 0 N–H and O–H groups in total. The summed E-state index contributed by atoms with van der Waals surface area (Å²) in [5.74, 6) is 0. The van der Waals surface area contributed by atoms with Gasteiger partial charge in [0.25, 0.3) is 0 Å². The van der Waals surface area contributed by atoms with Crippen LogP contribution in [0, 0.1) is 0 Å². The van der Waals surface area contributed by atoms with E-state index in [1.54, 1.807) is 0 Å². The van der Waals surface area contributed by atoms with Crippen LogP contribution in [0.2, 0.25) is 0 Å². The average molecular weight is 167 g/mol. The number of hydrogen-bond donors (Lipinski definition) is 0. The molecule has 0 radical (unpaired) electrons. The van der Waals surface area contributed by atoms with Gasteiger partial charge in [0.1, 0.15) is 0 Å². The summed E-state index contributed by atoms with van der Waals surface area (Å²) in [5.41, 5.74) is 0. The summed E-state index contributed by atoms with van der Waals surface area (Å²) in [6.07, 6.45) is 5.09. The molecule has 1 rings (SSSR count). The Bertz CT molecular complexity index is 135. The summed E-state index contributed by atoms with van der Waals surface area (Å²) in [6, 6.07) is 0. The van der Waals surface area contributed by atoms with Crippen LogP contribution in [-0.2, 0) is 12.6 Å². The van der Waals surface area contributed by atoms with E-state index in [4.69, 9.17) is 24.8 Å². The van der Waals surface area contributed by atoms with Crippen molar-refractivity contribution in [2.75, 3.05) is 6.54 Å². The molecule has 0 aromatic carbocycles. The van der Waals surface area contributed by atoms with Gasteiger partial charge in [0.2, 0.25) is 0 Å². The first-order valence-corrected chi connectivity index (χ1v) is 3.26. The molecule has 0 aromatic rings. The minimum Gasteiger partial charge on any atom is -0.411 e. The van der Waals surface area contributed by atoms with E-state index >= 15 is 0 Å². The van der Waals surface area contributed by atoms with Crippen LogP contribution in [0.15, 0.2) is 12.3 Å². The van der Waals surface area contributed by atoms with E-state index in [2.05, 4.69) is 6.08 Å². The Kier molecular flexibility index (Phi) is 5.07. The third-order valence-corrected chi connectivity index (χ3v) is 1.53. The molecule has 0 fully saturated rings. The Morgan fingerprint density at radius 1 is 1.67 bits per heavy atom.